The van der Waals surface area contributed by atoms with Crippen LogP contribution in [0.4, 0.5) is 13.2 Å². The molecular weight excluding hydrogens is 307 g/mol. The maximum Gasteiger partial charge on any atom is 0.417 e. The lowest BCUT2D eigenvalue weighted by Gasteiger charge is -2.12. The van der Waals surface area contributed by atoms with Crippen LogP contribution < -0.4 is 0 Å². The van der Waals surface area contributed by atoms with Crippen molar-refractivity contribution in [3.05, 3.63) is 29.7 Å². The number of aromatic nitrogens is 5. The molecule has 0 radical (unpaired) electrons. The second-order valence-corrected chi connectivity index (χ2v) is 5.78. The quantitative estimate of drug-likeness (QED) is 0.722. The van der Waals surface area contributed by atoms with Crippen molar-refractivity contribution in [1.82, 2.24) is 24.5 Å². The summed E-state index contributed by atoms with van der Waals surface area (Å²) >= 11 is 0. The highest BCUT2D eigenvalue weighted by atomic mass is 19.4. The van der Waals surface area contributed by atoms with Crippen molar-refractivity contribution in [2.24, 2.45) is 7.05 Å². The lowest BCUT2D eigenvalue weighted by molar-refractivity contribution is -0.136. The van der Waals surface area contributed by atoms with Gasteiger partial charge in [-0.2, -0.15) is 23.4 Å². The molecule has 0 aliphatic carbocycles. The van der Waals surface area contributed by atoms with Gasteiger partial charge in [-0.05, 0) is 26.8 Å². The Kier molecular flexibility index (Phi) is 3.42. The Labute approximate surface area is 130 Å². The van der Waals surface area contributed by atoms with Crippen LogP contribution in [0.2, 0.25) is 0 Å². The van der Waals surface area contributed by atoms with Crippen LogP contribution in [-0.4, -0.2) is 24.5 Å². The summed E-state index contributed by atoms with van der Waals surface area (Å²) in [7, 11) is 1.70. The molecule has 23 heavy (non-hydrogen) atoms. The molecule has 0 aromatic carbocycles. The van der Waals surface area contributed by atoms with E-state index in [4.69, 9.17) is 0 Å². The monoisotopic (exact) mass is 323 g/mol. The van der Waals surface area contributed by atoms with Crippen molar-refractivity contribution in [2.75, 3.05) is 0 Å². The summed E-state index contributed by atoms with van der Waals surface area (Å²) in [5, 5.41) is 8.29. The third kappa shape index (κ3) is 2.58. The highest BCUT2D eigenvalue weighted by Crippen LogP contribution is 2.38. The summed E-state index contributed by atoms with van der Waals surface area (Å²) in [5.41, 5.74) is 0.622. The fourth-order valence-corrected chi connectivity index (χ4v) is 2.60. The van der Waals surface area contributed by atoms with Crippen LogP contribution in [0.25, 0.3) is 22.3 Å². The Balaban J connectivity index is 2.38. The molecule has 0 saturated carbocycles. The van der Waals surface area contributed by atoms with Crippen LogP contribution >= 0.6 is 0 Å². The van der Waals surface area contributed by atoms with Crippen LogP contribution in [0.15, 0.2) is 18.5 Å². The molecule has 0 fully saturated rings. The summed E-state index contributed by atoms with van der Waals surface area (Å²) in [6.07, 6.45) is -1.34. The molecule has 0 unspecified atom stereocenters. The molecule has 8 heteroatoms. The third-order valence-corrected chi connectivity index (χ3v) is 3.63. The molecule has 5 nitrogen and oxygen atoms in total. The van der Waals surface area contributed by atoms with E-state index in [0.29, 0.717) is 11.3 Å². The summed E-state index contributed by atoms with van der Waals surface area (Å²) in [4.78, 5) is 4.42. The topological polar surface area (TPSA) is 48.5 Å². The molecule has 3 aromatic heterocycles. The smallest absolute Gasteiger partial charge is 0.275 e. The van der Waals surface area contributed by atoms with E-state index in [2.05, 4.69) is 15.2 Å². The number of halogens is 3. The van der Waals surface area contributed by atoms with E-state index in [9.17, 15) is 13.2 Å². The minimum absolute atomic E-state index is 0.0545. The summed E-state index contributed by atoms with van der Waals surface area (Å²) < 4.78 is 43.6. The predicted octanol–water partition coefficient (Wildman–Crippen LogP) is 3.74. The molecule has 3 aromatic rings. The van der Waals surface area contributed by atoms with Gasteiger partial charge in [0, 0.05) is 24.8 Å². The van der Waals surface area contributed by atoms with E-state index >= 15 is 0 Å². The Hall–Kier alpha value is -2.38. The molecule has 3 rings (SSSR count). The average Bonchev–Trinajstić information content (AvgIpc) is 3.01. The molecule has 0 aliphatic rings. The van der Waals surface area contributed by atoms with Crippen molar-refractivity contribution in [3.63, 3.8) is 0 Å². The van der Waals surface area contributed by atoms with E-state index < -0.39 is 11.7 Å². The van der Waals surface area contributed by atoms with Crippen molar-refractivity contribution >= 4 is 11.0 Å². The van der Waals surface area contributed by atoms with Gasteiger partial charge in [-0.3, -0.25) is 4.68 Å². The molecule has 0 atom stereocenters. The Morgan fingerprint density at radius 3 is 2.43 bits per heavy atom. The van der Waals surface area contributed by atoms with E-state index in [1.54, 1.807) is 20.2 Å². The first-order valence-corrected chi connectivity index (χ1v) is 7.14. The van der Waals surface area contributed by atoms with Crippen LogP contribution in [-0.2, 0) is 13.2 Å². The highest BCUT2D eigenvalue weighted by molar-refractivity contribution is 5.85. The van der Waals surface area contributed by atoms with Gasteiger partial charge in [0.05, 0.1) is 28.5 Å². The first kappa shape index (κ1) is 15.5. The van der Waals surface area contributed by atoms with E-state index in [0.717, 1.165) is 6.07 Å². The molecule has 0 aliphatic heterocycles. The number of aryl methyl sites for hydroxylation is 2. The number of fused-ring (bicyclic) bond motifs is 1. The van der Waals surface area contributed by atoms with Gasteiger partial charge < -0.3 is 0 Å². The normalized spacial score (nSPS) is 12.5. The summed E-state index contributed by atoms with van der Waals surface area (Å²) in [6.45, 7) is 5.29. The molecule has 0 spiro atoms. The van der Waals surface area contributed by atoms with Crippen molar-refractivity contribution in [1.29, 1.82) is 0 Å². The van der Waals surface area contributed by atoms with Gasteiger partial charge in [0.15, 0.2) is 5.65 Å². The fraction of sp³-hybridized carbons (Fsp3) is 0.400. The van der Waals surface area contributed by atoms with Gasteiger partial charge in [0.1, 0.15) is 0 Å². The van der Waals surface area contributed by atoms with E-state index in [1.807, 2.05) is 13.8 Å². The number of pyridine rings is 1. The molecule has 0 bridgehead atoms. The largest absolute Gasteiger partial charge is 0.417 e. The number of alkyl halides is 3. The van der Waals surface area contributed by atoms with Crippen molar-refractivity contribution in [3.8, 4) is 11.3 Å². The molecular formula is C15H16F3N5. The Morgan fingerprint density at radius 1 is 1.22 bits per heavy atom. The van der Waals surface area contributed by atoms with Gasteiger partial charge >= 0.3 is 6.18 Å². The zero-order chi connectivity index (χ0) is 16.9. The van der Waals surface area contributed by atoms with Gasteiger partial charge in [-0.15, -0.1) is 0 Å². The predicted molar refractivity (Wildman–Crippen MR) is 79.9 cm³/mol. The summed E-state index contributed by atoms with van der Waals surface area (Å²) in [6, 6.07) is 0.975. The third-order valence-electron chi connectivity index (χ3n) is 3.63. The van der Waals surface area contributed by atoms with E-state index in [-0.39, 0.29) is 22.8 Å². The number of rotatable bonds is 2. The van der Waals surface area contributed by atoms with Gasteiger partial charge in [-0.25, -0.2) is 9.67 Å². The lowest BCUT2D eigenvalue weighted by Crippen LogP contribution is -2.09. The van der Waals surface area contributed by atoms with Crippen LogP contribution in [0.5, 0.6) is 0 Å². The average molecular weight is 323 g/mol. The lowest BCUT2D eigenvalue weighted by atomic mass is 10.1. The van der Waals surface area contributed by atoms with Gasteiger partial charge in [0.2, 0.25) is 0 Å². The second kappa shape index (κ2) is 5.07. The first-order chi connectivity index (χ1) is 10.7. The maximum absolute atomic E-state index is 13.5. The van der Waals surface area contributed by atoms with Crippen LogP contribution in [0.3, 0.4) is 0 Å². The van der Waals surface area contributed by atoms with Crippen LogP contribution in [0.1, 0.15) is 31.1 Å². The zero-order valence-corrected chi connectivity index (χ0v) is 13.2. The number of nitrogens with zero attached hydrogens (tertiary/aromatic N) is 5. The minimum Gasteiger partial charge on any atom is -0.275 e. The van der Waals surface area contributed by atoms with Gasteiger partial charge in [-0.1, -0.05) is 0 Å². The second-order valence-electron chi connectivity index (χ2n) is 5.78. The van der Waals surface area contributed by atoms with Gasteiger partial charge in [0.25, 0.3) is 0 Å². The molecule has 122 valence electrons. The van der Waals surface area contributed by atoms with E-state index in [1.165, 1.54) is 15.6 Å². The molecule has 0 amide bonds. The first-order valence-electron chi connectivity index (χ1n) is 7.14. The van der Waals surface area contributed by atoms with Crippen LogP contribution in [0, 0.1) is 6.92 Å². The number of hydrogen-bond donors (Lipinski definition) is 0. The fourth-order valence-electron chi connectivity index (χ4n) is 2.60. The standard InChI is InChI=1S/C15H16F3N5/c1-8(2)23-14-13(9(3)21-23)11(15(16,17)18)5-12(20-14)10-6-19-22(4)7-10/h5-8H,1-4H3. The minimum atomic E-state index is -4.48. The van der Waals surface area contributed by atoms with Crippen molar-refractivity contribution in [2.45, 2.75) is 33.0 Å². The Bertz CT molecular complexity index is 873. The number of hydrogen-bond acceptors (Lipinski definition) is 3. The van der Waals surface area contributed by atoms with Crippen molar-refractivity contribution < 1.29 is 13.2 Å². The maximum atomic E-state index is 13.5. The molecule has 0 N–H and O–H groups in total. The SMILES string of the molecule is Cc1nn(C(C)C)c2nc(-c3cnn(C)c3)cc(C(F)(F)F)c12. The summed E-state index contributed by atoms with van der Waals surface area (Å²) in [5.74, 6) is 0. The zero-order valence-electron chi connectivity index (χ0n) is 13.2. The molecule has 3 heterocycles. The Morgan fingerprint density at radius 2 is 1.91 bits per heavy atom. The highest BCUT2D eigenvalue weighted by Gasteiger charge is 2.36. The molecule has 0 saturated heterocycles.